The molecule has 1 atom stereocenters. The third kappa shape index (κ3) is 6.44. The summed E-state index contributed by atoms with van der Waals surface area (Å²) in [5.74, 6) is 0.888. The number of rotatable bonds is 10. The lowest BCUT2D eigenvalue weighted by molar-refractivity contribution is -0.141. The average Bonchev–Trinajstić information content (AvgIpc) is 3.59. The van der Waals surface area contributed by atoms with E-state index in [9.17, 15) is 9.59 Å². The number of carbonyl (C=O) groups excluding carboxylic acids is 2. The third-order valence-electron chi connectivity index (χ3n) is 6.38. The highest BCUT2D eigenvalue weighted by Crippen LogP contribution is 2.35. The molecular formula is C27H32N2O4S2. The van der Waals surface area contributed by atoms with Crippen LogP contribution in [0.25, 0.3) is 0 Å². The average molecular weight is 513 g/mol. The topological polar surface area (TPSA) is 67.9 Å². The number of nitrogens with one attached hydrogen (secondary N) is 1. The van der Waals surface area contributed by atoms with Crippen molar-refractivity contribution in [2.45, 2.75) is 57.2 Å². The van der Waals surface area contributed by atoms with E-state index < -0.39 is 6.04 Å². The molecule has 1 unspecified atom stereocenters. The Morgan fingerprint density at radius 2 is 1.71 bits per heavy atom. The summed E-state index contributed by atoms with van der Waals surface area (Å²) in [7, 11) is 3.17. The fraction of sp³-hybridized carbons (Fsp3) is 0.407. The Labute approximate surface area is 214 Å². The maximum Gasteiger partial charge on any atom is 0.247 e. The van der Waals surface area contributed by atoms with Crippen LogP contribution in [-0.4, -0.2) is 37.0 Å². The Kier molecular flexibility index (Phi) is 8.82. The standard InChI is InChI=1S/C27H32N2O4S2/c1-32-20-12-13-23(24(16-20)33-2)26(27(31)28-19-8-4-3-5-9-19)29(18-22-11-7-15-35-22)25(30)17-21-10-6-14-34-21/h6-7,10-16,19,26H,3-5,8-9,17-18H2,1-2H3,(H,28,31). The van der Waals surface area contributed by atoms with Gasteiger partial charge in [-0.3, -0.25) is 9.59 Å². The van der Waals surface area contributed by atoms with Crippen molar-refractivity contribution in [2.75, 3.05) is 14.2 Å². The van der Waals surface area contributed by atoms with E-state index in [0.29, 0.717) is 23.6 Å². The molecule has 2 aromatic heterocycles. The van der Waals surface area contributed by atoms with Gasteiger partial charge < -0.3 is 19.7 Å². The van der Waals surface area contributed by atoms with Gasteiger partial charge in [0, 0.05) is 27.4 Å². The monoisotopic (exact) mass is 512 g/mol. The van der Waals surface area contributed by atoms with Crippen LogP contribution in [0.2, 0.25) is 0 Å². The minimum absolute atomic E-state index is 0.0949. The molecule has 0 spiro atoms. The first-order chi connectivity index (χ1) is 17.1. The maximum absolute atomic E-state index is 13.9. The Morgan fingerprint density at radius 3 is 2.34 bits per heavy atom. The van der Waals surface area contributed by atoms with Crippen LogP contribution in [0.15, 0.2) is 53.2 Å². The van der Waals surface area contributed by atoms with Gasteiger partial charge in [0.2, 0.25) is 11.8 Å². The van der Waals surface area contributed by atoms with Crippen molar-refractivity contribution >= 4 is 34.5 Å². The van der Waals surface area contributed by atoms with Crippen molar-refractivity contribution in [1.29, 1.82) is 0 Å². The van der Waals surface area contributed by atoms with Gasteiger partial charge in [-0.05, 0) is 47.9 Å². The van der Waals surface area contributed by atoms with Gasteiger partial charge in [-0.2, -0.15) is 0 Å². The highest BCUT2D eigenvalue weighted by Gasteiger charge is 2.35. The lowest BCUT2D eigenvalue weighted by Gasteiger charge is -2.34. The number of hydrogen-bond acceptors (Lipinski definition) is 6. The second kappa shape index (κ2) is 12.2. The third-order valence-corrected chi connectivity index (χ3v) is 8.12. The molecule has 2 amide bonds. The van der Waals surface area contributed by atoms with E-state index >= 15 is 0 Å². The predicted octanol–water partition coefficient (Wildman–Crippen LogP) is 5.59. The zero-order valence-corrected chi connectivity index (χ0v) is 21.8. The Hall–Kier alpha value is -2.84. The Morgan fingerprint density at radius 1 is 1.00 bits per heavy atom. The molecule has 1 fully saturated rings. The first kappa shape index (κ1) is 25.3. The molecule has 1 N–H and O–H groups in total. The number of ether oxygens (including phenoxy) is 2. The number of benzene rings is 1. The van der Waals surface area contributed by atoms with Crippen LogP contribution in [0.3, 0.4) is 0 Å². The lowest BCUT2D eigenvalue weighted by atomic mass is 9.94. The van der Waals surface area contributed by atoms with Crippen LogP contribution in [-0.2, 0) is 22.6 Å². The smallest absolute Gasteiger partial charge is 0.247 e. The van der Waals surface area contributed by atoms with Crippen LogP contribution < -0.4 is 14.8 Å². The molecule has 1 aliphatic rings. The van der Waals surface area contributed by atoms with Gasteiger partial charge in [-0.15, -0.1) is 22.7 Å². The summed E-state index contributed by atoms with van der Waals surface area (Å²) >= 11 is 3.13. The molecule has 186 valence electrons. The van der Waals surface area contributed by atoms with Crippen molar-refractivity contribution < 1.29 is 19.1 Å². The Bertz CT molecular complexity index is 1090. The largest absolute Gasteiger partial charge is 0.497 e. The highest BCUT2D eigenvalue weighted by molar-refractivity contribution is 7.10. The summed E-state index contributed by atoms with van der Waals surface area (Å²) in [6.45, 7) is 0.347. The number of carbonyl (C=O) groups is 2. The fourth-order valence-corrected chi connectivity index (χ4v) is 5.98. The molecule has 0 aliphatic heterocycles. The molecule has 4 rings (SSSR count). The number of nitrogens with zero attached hydrogens (tertiary/aromatic N) is 1. The van der Waals surface area contributed by atoms with Crippen LogP contribution >= 0.6 is 22.7 Å². The van der Waals surface area contributed by atoms with Crippen LogP contribution in [0.1, 0.15) is 53.5 Å². The van der Waals surface area contributed by atoms with Crippen molar-refractivity contribution in [3.05, 3.63) is 68.5 Å². The van der Waals surface area contributed by atoms with Gasteiger partial charge in [-0.1, -0.05) is 31.4 Å². The molecule has 8 heteroatoms. The van der Waals surface area contributed by atoms with Gasteiger partial charge in [0.15, 0.2) is 0 Å². The van der Waals surface area contributed by atoms with E-state index in [-0.39, 0.29) is 24.3 Å². The zero-order valence-electron chi connectivity index (χ0n) is 20.2. The lowest BCUT2D eigenvalue weighted by Crippen LogP contribution is -2.47. The van der Waals surface area contributed by atoms with E-state index in [1.165, 1.54) is 6.42 Å². The molecule has 6 nitrogen and oxygen atoms in total. The number of thiophene rings is 2. The van der Waals surface area contributed by atoms with E-state index in [2.05, 4.69) is 5.32 Å². The molecule has 3 aromatic rings. The number of methoxy groups -OCH3 is 2. The van der Waals surface area contributed by atoms with E-state index in [4.69, 9.17) is 9.47 Å². The first-order valence-corrected chi connectivity index (χ1v) is 13.7. The Balaban J connectivity index is 1.73. The summed E-state index contributed by atoms with van der Waals surface area (Å²) in [6, 6.07) is 12.6. The van der Waals surface area contributed by atoms with Crippen LogP contribution in [0, 0.1) is 0 Å². The summed E-state index contributed by atoms with van der Waals surface area (Å²) < 4.78 is 11.1. The van der Waals surface area contributed by atoms with E-state index in [1.807, 2.05) is 47.2 Å². The molecule has 1 aliphatic carbocycles. The minimum atomic E-state index is -0.827. The number of hydrogen-bond donors (Lipinski definition) is 1. The molecule has 0 bridgehead atoms. The molecule has 1 aromatic carbocycles. The SMILES string of the molecule is COc1ccc(C(C(=O)NC2CCCCC2)N(Cc2cccs2)C(=O)Cc2cccs2)c(OC)c1. The maximum atomic E-state index is 13.9. The molecule has 35 heavy (non-hydrogen) atoms. The van der Waals surface area contributed by atoms with Gasteiger partial charge in [0.1, 0.15) is 17.5 Å². The molecule has 2 heterocycles. The summed E-state index contributed by atoms with van der Waals surface area (Å²) in [5.41, 5.74) is 0.651. The molecular weight excluding hydrogens is 480 g/mol. The highest BCUT2D eigenvalue weighted by atomic mass is 32.1. The first-order valence-electron chi connectivity index (χ1n) is 12.0. The normalized spacial score (nSPS) is 14.8. The fourth-order valence-electron chi connectivity index (χ4n) is 4.58. The number of amides is 2. The second-order valence-corrected chi connectivity index (χ2v) is 10.8. The molecule has 1 saturated carbocycles. The van der Waals surface area contributed by atoms with Gasteiger partial charge in [-0.25, -0.2) is 0 Å². The van der Waals surface area contributed by atoms with Gasteiger partial charge in [0.25, 0.3) is 0 Å². The van der Waals surface area contributed by atoms with Crippen molar-refractivity contribution in [3.63, 3.8) is 0 Å². The van der Waals surface area contributed by atoms with Crippen LogP contribution in [0.4, 0.5) is 0 Å². The van der Waals surface area contributed by atoms with E-state index in [1.54, 1.807) is 47.9 Å². The molecule has 0 saturated heterocycles. The van der Waals surface area contributed by atoms with Crippen LogP contribution in [0.5, 0.6) is 11.5 Å². The van der Waals surface area contributed by atoms with Crippen molar-refractivity contribution in [3.8, 4) is 11.5 Å². The quantitative estimate of drug-likeness (QED) is 0.385. The minimum Gasteiger partial charge on any atom is -0.497 e. The molecule has 0 radical (unpaired) electrons. The second-order valence-electron chi connectivity index (χ2n) is 8.71. The van der Waals surface area contributed by atoms with Crippen molar-refractivity contribution in [2.24, 2.45) is 0 Å². The summed E-state index contributed by atoms with van der Waals surface area (Å²) in [5, 5.41) is 7.21. The summed E-state index contributed by atoms with van der Waals surface area (Å²) in [4.78, 5) is 31.4. The van der Waals surface area contributed by atoms with Gasteiger partial charge in [0.05, 0.1) is 27.2 Å². The summed E-state index contributed by atoms with van der Waals surface area (Å²) in [6.07, 6.45) is 5.59. The van der Waals surface area contributed by atoms with E-state index in [0.717, 1.165) is 35.4 Å². The predicted molar refractivity (Wildman–Crippen MR) is 140 cm³/mol. The van der Waals surface area contributed by atoms with Crippen molar-refractivity contribution in [1.82, 2.24) is 10.2 Å². The van der Waals surface area contributed by atoms with Gasteiger partial charge >= 0.3 is 0 Å². The zero-order chi connectivity index (χ0) is 24.6.